The summed E-state index contributed by atoms with van der Waals surface area (Å²) >= 11 is 0. The third-order valence-electron chi connectivity index (χ3n) is 4.75. The van der Waals surface area contributed by atoms with Crippen LogP contribution in [0.1, 0.15) is 43.5 Å². The van der Waals surface area contributed by atoms with Crippen LogP contribution in [0.5, 0.6) is 0 Å². The predicted octanol–water partition coefficient (Wildman–Crippen LogP) is 2.06. The van der Waals surface area contributed by atoms with E-state index in [1.807, 2.05) is 49.1 Å². The van der Waals surface area contributed by atoms with Gasteiger partial charge in [0.2, 0.25) is 5.91 Å². The molecule has 1 heterocycles. The van der Waals surface area contributed by atoms with Crippen LogP contribution in [0.15, 0.2) is 30.3 Å². The van der Waals surface area contributed by atoms with Crippen LogP contribution in [-0.2, 0) is 4.79 Å². The first kappa shape index (κ1) is 18.5. The summed E-state index contributed by atoms with van der Waals surface area (Å²) in [5.74, 6) is 0.328. The van der Waals surface area contributed by atoms with E-state index in [0.717, 1.165) is 0 Å². The summed E-state index contributed by atoms with van der Waals surface area (Å²) in [6.07, 6.45) is 1.96. The fraction of sp³-hybridized carbons (Fsp3) is 0.579. The minimum Gasteiger partial charge on any atom is -0.396 e. The van der Waals surface area contributed by atoms with Crippen LogP contribution in [-0.4, -0.2) is 47.6 Å². The molecule has 1 aromatic carbocycles. The molecule has 1 atom stereocenters. The van der Waals surface area contributed by atoms with Crippen LogP contribution in [0.3, 0.4) is 0 Å². The standard InChI is InChI=1S/C19H28N2O3/c1-14(2)17(10-13-22)20-18(23)15-8-11-21(12-9-15)19(24)16-6-4-3-5-7-16/h3-7,14-15,17,22H,8-13H2,1-2H3,(H,20,23). The number of carbonyl (C=O) groups excluding carboxylic acids is 2. The Bertz CT molecular complexity index is 537. The quantitative estimate of drug-likeness (QED) is 0.838. The molecule has 1 aliphatic rings. The number of hydrogen-bond donors (Lipinski definition) is 2. The second-order valence-corrected chi connectivity index (χ2v) is 6.80. The molecule has 5 heteroatoms. The molecular formula is C19H28N2O3. The van der Waals surface area contributed by atoms with Gasteiger partial charge in [0.1, 0.15) is 0 Å². The van der Waals surface area contributed by atoms with E-state index in [1.54, 1.807) is 0 Å². The van der Waals surface area contributed by atoms with E-state index in [2.05, 4.69) is 5.32 Å². The number of amides is 2. The van der Waals surface area contributed by atoms with Gasteiger partial charge < -0.3 is 15.3 Å². The van der Waals surface area contributed by atoms with E-state index < -0.39 is 0 Å². The summed E-state index contributed by atoms with van der Waals surface area (Å²) < 4.78 is 0. The lowest BCUT2D eigenvalue weighted by atomic mass is 9.93. The number of aliphatic hydroxyl groups excluding tert-OH is 1. The van der Waals surface area contributed by atoms with Crippen LogP contribution < -0.4 is 5.32 Å². The number of piperidine rings is 1. The number of nitrogens with zero attached hydrogens (tertiary/aromatic N) is 1. The maximum absolute atomic E-state index is 12.4. The summed E-state index contributed by atoms with van der Waals surface area (Å²) in [7, 11) is 0. The Morgan fingerprint density at radius 1 is 1.21 bits per heavy atom. The van der Waals surface area contributed by atoms with Crippen molar-refractivity contribution in [3.8, 4) is 0 Å². The first-order chi connectivity index (χ1) is 11.5. The van der Waals surface area contributed by atoms with Crippen molar-refractivity contribution >= 4 is 11.8 Å². The fourth-order valence-corrected chi connectivity index (χ4v) is 3.12. The molecule has 2 amide bonds. The molecule has 2 N–H and O–H groups in total. The molecule has 1 aromatic rings. The average Bonchev–Trinajstić information content (AvgIpc) is 2.61. The third kappa shape index (κ3) is 4.81. The Labute approximate surface area is 144 Å². The van der Waals surface area contributed by atoms with Gasteiger partial charge in [-0.25, -0.2) is 0 Å². The van der Waals surface area contributed by atoms with Crippen molar-refractivity contribution in [2.24, 2.45) is 11.8 Å². The van der Waals surface area contributed by atoms with Gasteiger partial charge in [-0.15, -0.1) is 0 Å². The van der Waals surface area contributed by atoms with Crippen molar-refractivity contribution in [3.63, 3.8) is 0 Å². The van der Waals surface area contributed by atoms with Gasteiger partial charge in [0.15, 0.2) is 0 Å². The Balaban J connectivity index is 1.85. The molecule has 24 heavy (non-hydrogen) atoms. The first-order valence-corrected chi connectivity index (χ1v) is 8.78. The van der Waals surface area contributed by atoms with Crippen molar-refractivity contribution in [1.29, 1.82) is 0 Å². The topological polar surface area (TPSA) is 69.6 Å². The minimum atomic E-state index is -0.0511. The largest absolute Gasteiger partial charge is 0.396 e. The summed E-state index contributed by atoms with van der Waals surface area (Å²) in [5.41, 5.74) is 0.697. The predicted molar refractivity (Wildman–Crippen MR) is 93.5 cm³/mol. The van der Waals surface area contributed by atoms with Crippen molar-refractivity contribution in [2.75, 3.05) is 19.7 Å². The van der Waals surface area contributed by atoms with Gasteiger partial charge in [-0.3, -0.25) is 9.59 Å². The molecule has 0 bridgehead atoms. The van der Waals surface area contributed by atoms with Gasteiger partial charge in [0.05, 0.1) is 0 Å². The Morgan fingerprint density at radius 3 is 2.38 bits per heavy atom. The van der Waals surface area contributed by atoms with E-state index in [-0.39, 0.29) is 30.4 Å². The van der Waals surface area contributed by atoms with E-state index >= 15 is 0 Å². The number of aliphatic hydroxyl groups is 1. The molecule has 0 aromatic heterocycles. The summed E-state index contributed by atoms with van der Waals surface area (Å²) in [6.45, 7) is 5.38. The Morgan fingerprint density at radius 2 is 1.83 bits per heavy atom. The van der Waals surface area contributed by atoms with Gasteiger partial charge >= 0.3 is 0 Å². The Kier molecular flexibility index (Phi) is 6.79. The zero-order chi connectivity index (χ0) is 17.5. The number of benzene rings is 1. The summed E-state index contributed by atoms with van der Waals surface area (Å²) in [5, 5.41) is 12.2. The summed E-state index contributed by atoms with van der Waals surface area (Å²) in [6, 6.07) is 9.27. The van der Waals surface area contributed by atoms with Gasteiger partial charge in [-0.2, -0.15) is 0 Å². The average molecular weight is 332 g/mol. The van der Waals surface area contributed by atoms with Gasteiger partial charge in [-0.1, -0.05) is 32.0 Å². The smallest absolute Gasteiger partial charge is 0.253 e. The van der Waals surface area contributed by atoms with Crippen molar-refractivity contribution in [2.45, 2.75) is 39.2 Å². The second-order valence-electron chi connectivity index (χ2n) is 6.80. The molecule has 1 unspecified atom stereocenters. The van der Waals surface area contributed by atoms with Gasteiger partial charge in [-0.05, 0) is 37.3 Å². The lowest BCUT2D eigenvalue weighted by molar-refractivity contribution is -0.127. The maximum Gasteiger partial charge on any atom is 0.253 e. The highest BCUT2D eigenvalue weighted by Gasteiger charge is 2.29. The second kappa shape index (κ2) is 8.83. The maximum atomic E-state index is 12.4. The van der Waals surface area contributed by atoms with Crippen LogP contribution in [0, 0.1) is 11.8 Å². The van der Waals surface area contributed by atoms with E-state index in [4.69, 9.17) is 5.11 Å². The molecule has 0 radical (unpaired) electrons. The van der Waals surface area contributed by atoms with Gasteiger partial charge in [0, 0.05) is 37.2 Å². The third-order valence-corrected chi connectivity index (χ3v) is 4.75. The first-order valence-electron chi connectivity index (χ1n) is 8.78. The normalized spacial score (nSPS) is 16.9. The molecular weight excluding hydrogens is 304 g/mol. The molecule has 1 saturated heterocycles. The zero-order valence-corrected chi connectivity index (χ0v) is 14.6. The van der Waals surface area contributed by atoms with Gasteiger partial charge in [0.25, 0.3) is 5.91 Å². The number of likely N-dealkylation sites (tertiary alicyclic amines) is 1. The zero-order valence-electron chi connectivity index (χ0n) is 14.6. The molecule has 1 fully saturated rings. The fourth-order valence-electron chi connectivity index (χ4n) is 3.12. The van der Waals surface area contributed by atoms with Crippen molar-refractivity contribution in [3.05, 3.63) is 35.9 Å². The number of nitrogens with one attached hydrogen (secondary N) is 1. The lowest BCUT2D eigenvalue weighted by Gasteiger charge is -2.32. The molecule has 2 rings (SSSR count). The molecule has 0 aliphatic carbocycles. The molecule has 0 spiro atoms. The molecule has 1 aliphatic heterocycles. The molecule has 132 valence electrons. The number of hydrogen-bond acceptors (Lipinski definition) is 3. The molecule has 5 nitrogen and oxygen atoms in total. The van der Waals surface area contributed by atoms with Crippen LogP contribution in [0.4, 0.5) is 0 Å². The highest BCUT2D eigenvalue weighted by molar-refractivity contribution is 5.94. The highest BCUT2D eigenvalue weighted by Crippen LogP contribution is 2.20. The summed E-state index contributed by atoms with van der Waals surface area (Å²) in [4.78, 5) is 26.7. The van der Waals surface area contributed by atoms with E-state index in [1.165, 1.54) is 0 Å². The van der Waals surface area contributed by atoms with Crippen molar-refractivity contribution in [1.82, 2.24) is 10.2 Å². The number of carbonyl (C=O) groups is 2. The SMILES string of the molecule is CC(C)C(CCO)NC(=O)C1CCN(C(=O)c2ccccc2)CC1. The highest BCUT2D eigenvalue weighted by atomic mass is 16.3. The minimum absolute atomic E-state index is 0.00600. The monoisotopic (exact) mass is 332 g/mol. The van der Waals surface area contributed by atoms with E-state index in [0.29, 0.717) is 43.8 Å². The molecule has 0 saturated carbocycles. The Hall–Kier alpha value is -1.88. The van der Waals surface area contributed by atoms with Crippen LogP contribution in [0.2, 0.25) is 0 Å². The van der Waals surface area contributed by atoms with Crippen LogP contribution >= 0.6 is 0 Å². The number of rotatable bonds is 6. The van der Waals surface area contributed by atoms with E-state index in [9.17, 15) is 9.59 Å². The van der Waals surface area contributed by atoms with Crippen LogP contribution in [0.25, 0.3) is 0 Å². The van der Waals surface area contributed by atoms with Crippen molar-refractivity contribution < 1.29 is 14.7 Å². The lowest BCUT2D eigenvalue weighted by Crippen LogP contribution is -2.46.